The molecule has 6 rings (SSSR count). The standard InChI is InChI=1S/C35H38N2/c1-22-19-30(23-13-16-35(5,6)17-14-23)28-12-11-27-29(33(28)37-22)15-18-36-32(27)25-20-24-9-7-8-10-26(24)31(21-25)34(2,3)4/h7-12,15,18-21,23H,13-14,16-17H2,1-6H3. The van der Waals surface area contributed by atoms with Crippen molar-refractivity contribution in [3.05, 3.63) is 83.7 Å². The van der Waals surface area contributed by atoms with Gasteiger partial charge in [-0.25, -0.2) is 0 Å². The van der Waals surface area contributed by atoms with E-state index < -0.39 is 0 Å². The molecule has 0 radical (unpaired) electrons. The highest BCUT2D eigenvalue weighted by molar-refractivity contribution is 6.10. The lowest BCUT2D eigenvalue weighted by atomic mass is 9.71. The highest BCUT2D eigenvalue weighted by Crippen LogP contribution is 2.45. The van der Waals surface area contributed by atoms with Gasteiger partial charge in [-0.2, -0.15) is 0 Å². The molecule has 0 saturated heterocycles. The van der Waals surface area contributed by atoms with Crippen LogP contribution in [0, 0.1) is 12.3 Å². The van der Waals surface area contributed by atoms with E-state index in [0.29, 0.717) is 11.3 Å². The van der Waals surface area contributed by atoms with E-state index in [0.717, 1.165) is 16.9 Å². The Hall–Kier alpha value is -3.26. The van der Waals surface area contributed by atoms with Crippen LogP contribution in [0.5, 0.6) is 0 Å². The summed E-state index contributed by atoms with van der Waals surface area (Å²) in [6, 6.07) is 22.5. The fourth-order valence-electron chi connectivity index (χ4n) is 6.45. The van der Waals surface area contributed by atoms with Crippen molar-refractivity contribution in [1.82, 2.24) is 9.97 Å². The molecule has 5 aromatic rings. The maximum Gasteiger partial charge on any atom is 0.0787 e. The Bertz CT molecular complexity index is 1640. The lowest BCUT2D eigenvalue weighted by Crippen LogP contribution is -2.20. The predicted octanol–water partition coefficient (Wildman–Crippen LogP) is 9.89. The van der Waals surface area contributed by atoms with E-state index in [-0.39, 0.29) is 5.41 Å². The zero-order valence-electron chi connectivity index (χ0n) is 23.2. The lowest BCUT2D eigenvalue weighted by molar-refractivity contribution is 0.225. The average molecular weight is 487 g/mol. The van der Waals surface area contributed by atoms with Crippen molar-refractivity contribution in [3.8, 4) is 11.3 Å². The highest BCUT2D eigenvalue weighted by Gasteiger charge is 2.29. The minimum atomic E-state index is 0.0367. The fourth-order valence-corrected chi connectivity index (χ4v) is 6.45. The van der Waals surface area contributed by atoms with Crippen LogP contribution >= 0.6 is 0 Å². The van der Waals surface area contributed by atoms with Gasteiger partial charge >= 0.3 is 0 Å². The fraction of sp³-hybridized carbons (Fsp3) is 0.371. The van der Waals surface area contributed by atoms with Gasteiger partial charge in [0.25, 0.3) is 0 Å². The Balaban J connectivity index is 1.56. The van der Waals surface area contributed by atoms with Gasteiger partial charge in [-0.15, -0.1) is 0 Å². The van der Waals surface area contributed by atoms with Crippen LogP contribution in [-0.4, -0.2) is 9.97 Å². The Morgan fingerprint density at radius 2 is 1.54 bits per heavy atom. The van der Waals surface area contributed by atoms with Gasteiger partial charge < -0.3 is 0 Å². The zero-order valence-corrected chi connectivity index (χ0v) is 23.2. The minimum Gasteiger partial charge on any atom is -0.256 e. The summed E-state index contributed by atoms with van der Waals surface area (Å²) in [5, 5.41) is 6.28. The summed E-state index contributed by atoms with van der Waals surface area (Å²) < 4.78 is 0. The predicted molar refractivity (Wildman–Crippen MR) is 158 cm³/mol. The average Bonchev–Trinajstić information content (AvgIpc) is 2.86. The van der Waals surface area contributed by atoms with E-state index in [2.05, 4.69) is 102 Å². The number of hydrogen-bond donors (Lipinski definition) is 0. The second-order valence-corrected chi connectivity index (χ2v) is 13.0. The number of rotatable bonds is 2. The van der Waals surface area contributed by atoms with E-state index in [1.807, 2.05) is 6.20 Å². The molecule has 37 heavy (non-hydrogen) atoms. The zero-order chi connectivity index (χ0) is 25.9. The summed E-state index contributed by atoms with van der Waals surface area (Å²) >= 11 is 0. The SMILES string of the molecule is Cc1cc(C2CCC(C)(C)CC2)c2ccc3c(-c4cc(C(C)(C)C)c5ccccc5c4)nccc3c2n1. The molecule has 0 unspecified atom stereocenters. The molecule has 1 fully saturated rings. The van der Waals surface area contributed by atoms with Crippen LogP contribution in [0.1, 0.15) is 83.0 Å². The van der Waals surface area contributed by atoms with Crippen molar-refractivity contribution in [3.63, 3.8) is 0 Å². The molecule has 0 spiro atoms. The van der Waals surface area contributed by atoms with E-state index >= 15 is 0 Å². The van der Waals surface area contributed by atoms with E-state index in [1.165, 1.54) is 69.3 Å². The Labute approximate surface area is 221 Å². The van der Waals surface area contributed by atoms with Gasteiger partial charge in [0.05, 0.1) is 11.2 Å². The molecule has 0 aliphatic heterocycles. The van der Waals surface area contributed by atoms with E-state index in [9.17, 15) is 0 Å². The van der Waals surface area contributed by atoms with Crippen LogP contribution in [0.2, 0.25) is 0 Å². The molecule has 0 atom stereocenters. The molecule has 3 aromatic carbocycles. The molecule has 1 aliphatic rings. The van der Waals surface area contributed by atoms with Crippen molar-refractivity contribution in [2.24, 2.45) is 5.41 Å². The molecule has 0 amide bonds. The number of nitrogens with zero attached hydrogens (tertiary/aromatic N) is 2. The summed E-state index contributed by atoms with van der Waals surface area (Å²) in [5.74, 6) is 0.616. The van der Waals surface area contributed by atoms with Crippen molar-refractivity contribution in [2.45, 2.75) is 78.6 Å². The first kappa shape index (κ1) is 24.1. The molecule has 1 aliphatic carbocycles. The lowest BCUT2D eigenvalue weighted by Gasteiger charge is -2.35. The monoisotopic (exact) mass is 486 g/mol. The molecular weight excluding hydrogens is 448 g/mol. The van der Waals surface area contributed by atoms with Gasteiger partial charge in [-0.3, -0.25) is 9.97 Å². The maximum atomic E-state index is 5.10. The Morgan fingerprint density at radius 3 is 2.30 bits per heavy atom. The number of hydrogen-bond acceptors (Lipinski definition) is 2. The first-order valence-electron chi connectivity index (χ1n) is 13.8. The Kier molecular flexibility index (Phi) is 5.64. The molecular formula is C35H38N2. The van der Waals surface area contributed by atoms with Gasteiger partial charge in [0, 0.05) is 33.6 Å². The third kappa shape index (κ3) is 4.31. The number of fused-ring (bicyclic) bond motifs is 4. The molecule has 2 aromatic heterocycles. The van der Waals surface area contributed by atoms with Crippen LogP contribution in [-0.2, 0) is 5.41 Å². The first-order valence-corrected chi connectivity index (χ1v) is 13.8. The second-order valence-electron chi connectivity index (χ2n) is 13.0. The summed E-state index contributed by atoms with van der Waals surface area (Å²) in [5.41, 5.74) is 7.80. The summed E-state index contributed by atoms with van der Waals surface area (Å²) in [7, 11) is 0. The smallest absolute Gasteiger partial charge is 0.0787 e. The number of benzene rings is 3. The maximum absolute atomic E-state index is 5.10. The minimum absolute atomic E-state index is 0.0367. The van der Waals surface area contributed by atoms with Gasteiger partial charge in [0.1, 0.15) is 0 Å². The molecule has 2 heterocycles. The van der Waals surface area contributed by atoms with Crippen molar-refractivity contribution < 1.29 is 0 Å². The third-order valence-electron chi connectivity index (χ3n) is 8.60. The molecule has 2 nitrogen and oxygen atoms in total. The highest BCUT2D eigenvalue weighted by atomic mass is 14.7. The molecule has 2 heteroatoms. The van der Waals surface area contributed by atoms with Gasteiger partial charge in [0.2, 0.25) is 0 Å². The number of aryl methyl sites for hydroxylation is 1. The summed E-state index contributed by atoms with van der Waals surface area (Å²) in [4.78, 5) is 10.0. The Morgan fingerprint density at radius 1 is 0.811 bits per heavy atom. The van der Waals surface area contributed by atoms with Crippen LogP contribution in [0.25, 0.3) is 43.7 Å². The summed E-state index contributed by atoms with van der Waals surface area (Å²) in [6.07, 6.45) is 7.08. The largest absolute Gasteiger partial charge is 0.256 e. The molecule has 1 saturated carbocycles. The van der Waals surface area contributed by atoms with E-state index in [1.54, 1.807) is 0 Å². The quantitative estimate of drug-likeness (QED) is 0.232. The first-order chi connectivity index (χ1) is 17.6. The normalized spacial score (nSPS) is 16.6. The van der Waals surface area contributed by atoms with Crippen LogP contribution in [0.4, 0.5) is 0 Å². The van der Waals surface area contributed by atoms with Crippen LogP contribution < -0.4 is 0 Å². The van der Waals surface area contributed by atoms with Gasteiger partial charge in [-0.1, -0.05) is 71.0 Å². The van der Waals surface area contributed by atoms with Gasteiger partial charge in [0.15, 0.2) is 0 Å². The molecule has 0 N–H and O–H groups in total. The molecule has 0 bridgehead atoms. The van der Waals surface area contributed by atoms with Crippen LogP contribution in [0.15, 0.2) is 66.9 Å². The topological polar surface area (TPSA) is 25.8 Å². The van der Waals surface area contributed by atoms with Gasteiger partial charge in [-0.05, 0) is 95.5 Å². The summed E-state index contributed by atoms with van der Waals surface area (Å²) in [6.45, 7) is 13.9. The number of pyridine rings is 2. The second kappa shape index (κ2) is 8.65. The van der Waals surface area contributed by atoms with E-state index in [4.69, 9.17) is 9.97 Å². The number of aromatic nitrogens is 2. The molecule has 188 valence electrons. The van der Waals surface area contributed by atoms with Crippen molar-refractivity contribution in [1.29, 1.82) is 0 Å². The van der Waals surface area contributed by atoms with Crippen molar-refractivity contribution >= 4 is 32.4 Å². The van der Waals surface area contributed by atoms with Crippen molar-refractivity contribution in [2.75, 3.05) is 0 Å². The third-order valence-corrected chi connectivity index (χ3v) is 8.60. The van der Waals surface area contributed by atoms with Crippen LogP contribution in [0.3, 0.4) is 0 Å².